The first-order valence-corrected chi connectivity index (χ1v) is 9.05. The molecule has 1 aromatic rings. The summed E-state index contributed by atoms with van der Waals surface area (Å²) in [6.07, 6.45) is 1.56. The number of benzene rings is 1. The van der Waals surface area contributed by atoms with E-state index in [4.69, 9.17) is 5.11 Å². The highest BCUT2D eigenvalue weighted by molar-refractivity contribution is 8.15. The van der Waals surface area contributed by atoms with Crippen molar-refractivity contribution in [3.8, 4) is 0 Å². The molecular formula is C17H20N4O4S. The van der Waals surface area contributed by atoms with Gasteiger partial charge in [0.25, 0.3) is 0 Å². The van der Waals surface area contributed by atoms with Crippen LogP contribution < -0.4 is 10.6 Å². The van der Waals surface area contributed by atoms with E-state index in [0.717, 1.165) is 18.6 Å². The average Bonchev–Trinajstić information content (AvgIpc) is 2.95. The van der Waals surface area contributed by atoms with Crippen molar-refractivity contribution in [2.45, 2.75) is 38.4 Å². The Kier molecular flexibility index (Phi) is 6.90. The third kappa shape index (κ3) is 5.41. The zero-order chi connectivity index (χ0) is 19.1. The molecule has 1 aliphatic rings. The SMILES string of the molecule is CCC(CC)=N/N=C1\NC(=O)C(CC(=O)Nc2ccc(C(=O)O)cc2)S1. The number of amidine groups is 1. The van der Waals surface area contributed by atoms with Gasteiger partial charge in [-0.15, -0.1) is 5.10 Å². The van der Waals surface area contributed by atoms with Gasteiger partial charge in [-0.05, 0) is 37.1 Å². The number of rotatable bonds is 7. The Morgan fingerprint density at radius 3 is 2.46 bits per heavy atom. The first-order chi connectivity index (χ1) is 12.4. The molecule has 9 heteroatoms. The minimum atomic E-state index is -1.04. The average molecular weight is 376 g/mol. The van der Waals surface area contributed by atoms with Crippen molar-refractivity contribution in [2.75, 3.05) is 5.32 Å². The maximum Gasteiger partial charge on any atom is 0.335 e. The highest BCUT2D eigenvalue weighted by atomic mass is 32.2. The molecule has 1 fully saturated rings. The lowest BCUT2D eigenvalue weighted by Gasteiger charge is -2.07. The van der Waals surface area contributed by atoms with Crippen LogP contribution in [0.15, 0.2) is 34.5 Å². The van der Waals surface area contributed by atoms with Crippen molar-refractivity contribution in [3.63, 3.8) is 0 Å². The van der Waals surface area contributed by atoms with E-state index in [2.05, 4.69) is 20.8 Å². The van der Waals surface area contributed by atoms with Crippen LogP contribution in [0.1, 0.15) is 43.5 Å². The number of carboxylic acids is 1. The minimum Gasteiger partial charge on any atom is -0.478 e. The molecule has 0 spiro atoms. The summed E-state index contributed by atoms with van der Waals surface area (Å²) >= 11 is 1.17. The van der Waals surface area contributed by atoms with Crippen LogP contribution in [0.4, 0.5) is 5.69 Å². The van der Waals surface area contributed by atoms with Gasteiger partial charge < -0.3 is 15.7 Å². The van der Waals surface area contributed by atoms with Gasteiger partial charge in [0.1, 0.15) is 5.25 Å². The second kappa shape index (κ2) is 9.14. The fraction of sp³-hybridized carbons (Fsp3) is 0.353. The summed E-state index contributed by atoms with van der Waals surface area (Å²) in [5, 5.41) is 22.1. The van der Waals surface area contributed by atoms with Gasteiger partial charge in [-0.25, -0.2) is 4.79 Å². The van der Waals surface area contributed by atoms with E-state index in [1.165, 1.54) is 36.0 Å². The van der Waals surface area contributed by atoms with Gasteiger partial charge in [0, 0.05) is 17.8 Å². The van der Waals surface area contributed by atoms with Gasteiger partial charge in [0.05, 0.1) is 5.56 Å². The molecule has 1 heterocycles. The molecule has 3 N–H and O–H groups in total. The Labute approximate surface area is 155 Å². The summed E-state index contributed by atoms with van der Waals surface area (Å²) < 4.78 is 0. The number of aromatic carboxylic acids is 1. The zero-order valence-electron chi connectivity index (χ0n) is 14.5. The van der Waals surface area contributed by atoms with E-state index < -0.39 is 11.2 Å². The van der Waals surface area contributed by atoms with Crippen LogP contribution in [0.3, 0.4) is 0 Å². The number of amides is 2. The third-order valence-corrected chi connectivity index (χ3v) is 4.73. The molecule has 26 heavy (non-hydrogen) atoms. The second-order valence-electron chi connectivity index (χ2n) is 5.51. The second-order valence-corrected chi connectivity index (χ2v) is 6.70. The zero-order valence-corrected chi connectivity index (χ0v) is 15.3. The van der Waals surface area contributed by atoms with Crippen molar-refractivity contribution in [1.82, 2.24) is 5.32 Å². The number of thioether (sulfide) groups is 1. The molecule has 0 aliphatic carbocycles. The van der Waals surface area contributed by atoms with Crippen molar-refractivity contribution in [1.29, 1.82) is 0 Å². The molecule has 1 aromatic carbocycles. The lowest BCUT2D eigenvalue weighted by molar-refractivity contribution is -0.122. The molecule has 1 atom stereocenters. The highest BCUT2D eigenvalue weighted by Crippen LogP contribution is 2.23. The summed E-state index contributed by atoms with van der Waals surface area (Å²) in [6.45, 7) is 3.97. The van der Waals surface area contributed by atoms with Gasteiger partial charge in [-0.1, -0.05) is 25.6 Å². The Bertz CT molecular complexity index is 753. The minimum absolute atomic E-state index is 0.0195. The van der Waals surface area contributed by atoms with E-state index in [0.29, 0.717) is 10.9 Å². The van der Waals surface area contributed by atoms with Gasteiger partial charge in [0.2, 0.25) is 11.8 Å². The third-order valence-electron chi connectivity index (χ3n) is 3.66. The van der Waals surface area contributed by atoms with Crippen LogP contribution in [0.5, 0.6) is 0 Å². The van der Waals surface area contributed by atoms with Crippen molar-refractivity contribution in [2.24, 2.45) is 10.2 Å². The Morgan fingerprint density at radius 1 is 1.23 bits per heavy atom. The predicted octanol–water partition coefficient (Wildman–Crippen LogP) is 2.48. The molecule has 8 nitrogen and oxygen atoms in total. The molecular weight excluding hydrogens is 356 g/mol. The van der Waals surface area contributed by atoms with Gasteiger partial charge in [0.15, 0.2) is 5.17 Å². The Hall–Kier alpha value is -2.68. The lowest BCUT2D eigenvalue weighted by Crippen LogP contribution is -2.28. The maximum atomic E-state index is 12.1. The fourth-order valence-corrected chi connectivity index (χ4v) is 3.09. The van der Waals surface area contributed by atoms with Crippen LogP contribution in [0.2, 0.25) is 0 Å². The van der Waals surface area contributed by atoms with E-state index in [1.807, 2.05) is 13.8 Å². The first-order valence-electron chi connectivity index (χ1n) is 8.17. The molecule has 138 valence electrons. The molecule has 2 amide bonds. The molecule has 1 saturated heterocycles. The Morgan fingerprint density at radius 2 is 1.88 bits per heavy atom. The monoisotopic (exact) mass is 376 g/mol. The van der Waals surface area contributed by atoms with Crippen molar-refractivity contribution >= 4 is 46.1 Å². The lowest BCUT2D eigenvalue weighted by atomic mass is 10.2. The number of nitrogens with one attached hydrogen (secondary N) is 2. The standard InChI is InChI=1S/C17H20N4O4S/c1-3-11(4-2)20-21-17-19-15(23)13(26-17)9-14(22)18-12-7-5-10(6-8-12)16(24)25/h5-8,13H,3-4,9H2,1-2H3,(H,18,22)(H,24,25)(H,19,21,23). The number of hydrogen-bond acceptors (Lipinski definition) is 6. The van der Waals surface area contributed by atoms with E-state index in [-0.39, 0.29) is 23.8 Å². The molecule has 0 bridgehead atoms. The van der Waals surface area contributed by atoms with E-state index in [9.17, 15) is 14.4 Å². The molecule has 1 unspecified atom stereocenters. The maximum absolute atomic E-state index is 12.1. The van der Waals surface area contributed by atoms with Crippen molar-refractivity contribution in [3.05, 3.63) is 29.8 Å². The van der Waals surface area contributed by atoms with Crippen LogP contribution in [0.25, 0.3) is 0 Å². The summed E-state index contributed by atoms with van der Waals surface area (Å²) in [7, 11) is 0. The number of carbonyl (C=O) groups excluding carboxylic acids is 2. The van der Waals surface area contributed by atoms with Gasteiger partial charge >= 0.3 is 5.97 Å². The topological polar surface area (TPSA) is 120 Å². The predicted molar refractivity (Wildman–Crippen MR) is 102 cm³/mol. The highest BCUT2D eigenvalue weighted by Gasteiger charge is 2.32. The quantitative estimate of drug-likeness (QED) is 0.499. The number of nitrogens with zero attached hydrogens (tertiary/aromatic N) is 2. The molecule has 0 radical (unpaired) electrons. The van der Waals surface area contributed by atoms with Crippen LogP contribution >= 0.6 is 11.8 Å². The number of hydrogen-bond donors (Lipinski definition) is 3. The molecule has 2 rings (SSSR count). The van der Waals surface area contributed by atoms with E-state index >= 15 is 0 Å². The first kappa shape index (κ1) is 19.6. The van der Waals surface area contributed by atoms with Crippen molar-refractivity contribution < 1.29 is 19.5 Å². The molecule has 0 aromatic heterocycles. The molecule has 0 saturated carbocycles. The Balaban J connectivity index is 1.92. The fourth-order valence-electron chi connectivity index (χ4n) is 2.17. The number of carbonyl (C=O) groups is 3. The normalized spacial score (nSPS) is 17.7. The molecule has 1 aliphatic heterocycles. The summed E-state index contributed by atoms with van der Waals surface area (Å²) in [5.41, 5.74) is 1.53. The summed E-state index contributed by atoms with van der Waals surface area (Å²) in [5.74, 6) is -1.66. The number of anilines is 1. The largest absolute Gasteiger partial charge is 0.478 e. The van der Waals surface area contributed by atoms with Crippen LogP contribution in [-0.4, -0.2) is 39.0 Å². The van der Waals surface area contributed by atoms with Gasteiger partial charge in [-0.3, -0.25) is 9.59 Å². The summed E-state index contributed by atoms with van der Waals surface area (Å²) in [6, 6.07) is 5.80. The van der Waals surface area contributed by atoms with E-state index in [1.54, 1.807) is 0 Å². The van der Waals surface area contributed by atoms with Crippen LogP contribution in [-0.2, 0) is 9.59 Å². The summed E-state index contributed by atoms with van der Waals surface area (Å²) in [4.78, 5) is 34.9. The number of carboxylic acid groups (broad SMARTS) is 1. The van der Waals surface area contributed by atoms with Gasteiger partial charge in [-0.2, -0.15) is 5.10 Å². The van der Waals surface area contributed by atoms with Crippen LogP contribution in [0, 0.1) is 0 Å². The smallest absolute Gasteiger partial charge is 0.335 e.